The zero-order valence-electron chi connectivity index (χ0n) is 10.4. The Morgan fingerprint density at radius 1 is 1.44 bits per heavy atom. The van der Waals surface area contributed by atoms with Crippen molar-refractivity contribution in [2.45, 2.75) is 26.2 Å². The molecule has 0 spiro atoms. The Hall–Kier alpha value is -0.380. The Kier molecular flexibility index (Phi) is 4.00. The topological polar surface area (TPSA) is 38.5 Å². The lowest BCUT2D eigenvalue weighted by Crippen LogP contribution is -2.47. The average molecular weight is 224 g/mol. The van der Waals surface area contributed by atoms with Gasteiger partial charge >= 0.3 is 0 Å². The minimum Gasteiger partial charge on any atom is -0.381 e. The second kappa shape index (κ2) is 5.30. The molecule has 0 unspecified atom stereocenters. The molecule has 1 saturated heterocycles. The summed E-state index contributed by atoms with van der Waals surface area (Å²) >= 11 is 0. The van der Waals surface area contributed by atoms with E-state index in [9.17, 15) is 0 Å². The maximum absolute atomic E-state index is 5.99. The van der Waals surface area contributed by atoms with Crippen molar-refractivity contribution in [1.29, 1.82) is 0 Å². The van der Waals surface area contributed by atoms with Gasteiger partial charge in [0.1, 0.15) is 0 Å². The summed E-state index contributed by atoms with van der Waals surface area (Å²) in [7, 11) is 0. The van der Waals surface area contributed by atoms with Gasteiger partial charge in [0, 0.05) is 32.8 Å². The highest BCUT2D eigenvalue weighted by Gasteiger charge is 2.33. The molecule has 0 aliphatic carbocycles. The van der Waals surface area contributed by atoms with Crippen molar-refractivity contribution < 1.29 is 4.74 Å². The van der Waals surface area contributed by atoms with E-state index in [2.05, 4.69) is 17.9 Å². The molecule has 92 valence electrons. The van der Waals surface area contributed by atoms with Crippen LogP contribution in [0.15, 0.2) is 11.6 Å². The van der Waals surface area contributed by atoms with Crippen molar-refractivity contribution in [3.63, 3.8) is 0 Å². The van der Waals surface area contributed by atoms with Gasteiger partial charge < -0.3 is 10.5 Å². The maximum Gasteiger partial charge on any atom is 0.0472 e. The molecule has 2 rings (SSSR count). The van der Waals surface area contributed by atoms with E-state index in [1.165, 1.54) is 18.5 Å². The molecular formula is C13H24N2O. The van der Waals surface area contributed by atoms with Gasteiger partial charge in [0.2, 0.25) is 0 Å². The number of hydrogen-bond donors (Lipinski definition) is 1. The molecule has 2 heterocycles. The minimum absolute atomic E-state index is 0.315. The van der Waals surface area contributed by atoms with Gasteiger partial charge in [-0.2, -0.15) is 0 Å². The molecule has 16 heavy (non-hydrogen) atoms. The van der Waals surface area contributed by atoms with Crippen LogP contribution in [-0.4, -0.2) is 44.3 Å². The van der Waals surface area contributed by atoms with Crippen LogP contribution in [0.5, 0.6) is 0 Å². The molecule has 0 aromatic carbocycles. The zero-order chi connectivity index (χ0) is 11.4. The average Bonchev–Trinajstić information content (AvgIpc) is 2.30. The first-order chi connectivity index (χ1) is 7.74. The van der Waals surface area contributed by atoms with E-state index in [1.54, 1.807) is 0 Å². The molecule has 0 bridgehead atoms. The Morgan fingerprint density at radius 2 is 2.19 bits per heavy atom. The fourth-order valence-corrected chi connectivity index (χ4v) is 2.83. The molecule has 2 N–H and O–H groups in total. The third-order valence-corrected chi connectivity index (χ3v) is 3.96. The Morgan fingerprint density at radius 3 is 2.81 bits per heavy atom. The second-order valence-corrected chi connectivity index (χ2v) is 5.37. The van der Waals surface area contributed by atoms with Gasteiger partial charge in [0.05, 0.1) is 0 Å². The molecule has 0 radical (unpaired) electrons. The summed E-state index contributed by atoms with van der Waals surface area (Å²) in [6.07, 6.45) is 5.81. The van der Waals surface area contributed by atoms with Crippen LogP contribution in [0.3, 0.4) is 0 Å². The maximum atomic E-state index is 5.99. The lowest BCUT2D eigenvalue weighted by atomic mass is 9.79. The first-order valence-electron chi connectivity index (χ1n) is 6.40. The largest absolute Gasteiger partial charge is 0.381 e. The summed E-state index contributed by atoms with van der Waals surface area (Å²) in [5.74, 6) is 0. The molecule has 3 nitrogen and oxygen atoms in total. The Bertz CT molecular complexity index is 257. The van der Waals surface area contributed by atoms with Gasteiger partial charge in [-0.3, -0.25) is 4.90 Å². The van der Waals surface area contributed by atoms with Crippen molar-refractivity contribution in [3.05, 3.63) is 11.6 Å². The second-order valence-electron chi connectivity index (χ2n) is 5.37. The molecule has 0 saturated carbocycles. The van der Waals surface area contributed by atoms with E-state index < -0.39 is 0 Å². The first-order valence-corrected chi connectivity index (χ1v) is 6.40. The number of nitrogens with zero attached hydrogens (tertiary/aromatic N) is 1. The third-order valence-electron chi connectivity index (χ3n) is 3.96. The fraction of sp³-hybridized carbons (Fsp3) is 0.846. The van der Waals surface area contributed by atoms with Crippen LogP contribution < -0.4 is 5.73 Å². The number of nitrogens with two attached hydrogens (primary N) is 1. The lowest BCUT2D eigenvalue weighted by Gasteiger charge is -2.41. The SMILES string of the molecule is CC1=CCCN(CC2(CN)CCOCC2)C1. The standard InChI is InChI=1S/C13H24N2O/c1-12-3-2-6-15(9-12)11-13(10-14)4-7-16-8-5-13/h3H,2,4-11,14H2,1H3. The molecule has 2 aliphatic heterocycles. The first kappa shape index (κ1) is 12.1. The van der Waals surface area contributed by atoms with Gasteiger partial charge in [-0.05, 0) is 38.1 Å². The minimum atomic E-state index is 0.315. The Balaban J connectivity index is 1.93. The summed E-state index contributed by atoms with van der Waals surface area (Å²) in [6, 6.07) is 0. The van der Waals surface area contributed by atoms with Crippen LogP contribution in [0.1, 0.15) is 26.2 Å². The number of hydrogen-bond acceptors (Lipinski definition) is 3. The zero-order valence-corrected chi connectivity index (χ0v) is 10.4. The molecule has 2 aliphatic rings. The third kappa shape index (κ3) is 2.84. The monoisotopic (exact) mass is 224 g/mol. The van der Waals surface area contributed by atoms with E-state index in [1.807, 2.05) is 0 Å². The van der Waals surface area contributed by atoms with Crippen molar-refractivity contribution >= 4 is 0 Å². The highest BCUT2D eigenvalue weighted by Crippen LogP contribution is 2.31. The van der Waals surface area contributed by atoms with Crippen LogP contribution >= 0.6 is 0 Å². The molecule has 0 amide bonds. The number of rotatable bonds is 3. The Labute approximate surface area is 98.6 Å². The van der Waals surface area contributed by atoms with Crippen LogP contribution in [-0.2, 0) is 4.74 Å². The van der Waals surface area contributed by atoms with Gasteiger partial charge in [-0.15, -0.1) is 0 Å². The molecule has 0 atom stereocenters. The van der Waals surface area contributed by atoms with Crippen LogP contribution in [0, 0.1) is 5.41 Å². The number of ether oxygens (including phenoxy) is 1. The normalized spacial score (nSPS) is 26.5. The fourth-order valence-electron chi connectivity index (χ4n) is 2.83. The smallest absolute Gasteiger partial charge is 0.0472 e. The van der Waals surface area contributed by atoms with E-state index in [-0.39, 0.29) is 0 Å². The highest BCUT2D eigenvalue weighted by molar-refractivity contribution is 5.05. The van der Waals surface area contributed by atoms with Crippen molar-refractivity contribution in [1.82, 2.24) is 4.90 Å². The van der Waals surface area contributed by atoms with Gasteiger partial charge in [0.25, 0.3) is 0 Å². The molecule has 0 aromatic heterocycles. The summed E-state index contributed by atoms with van der Waals surface area (Å²) in [4.78, 5) is 2.56. The molecular weight excluding hydrogens is 200 g/mol. The van der Waals surface area contributed by atoms with E-state index in [0.29, 0.717) is 5.41 Å². The van der Waals surface area contributed by atoms with Crippen LogP contribution in [0.4, 0.5) is 0 Å². The van der Waals surface area contributed by atoms with Crippen molar-refractivity contribution in [3.8, 4) is 0 Å². The van der Waals surface area contributed by atoms with Gasteiger partial charge in [0.15, 0.2) is 0 Å². The summed E-state index contributed by atoms with van der Waals surface area (Å²) in [5, 5.41) is 0. The van der Waals surface area contributed by atoms with Crippen LogP contribution in [0.25, 0.3) is 0 Å². The van der Waals surface area contributed by atoms with Crippen molar-refractivity contribution in [2.24, 2.45) is 11.1 Å². The van der Waals surface area contributed by atoms with Gasteiger partial charge in [-0.1, -0.05) is 11.6 Å². The molecule has 3 heteroatoms. The predicted octanol–water partition coefficient (Wildman–Crippen LogP) is 1.39. The molecule has 1 fully saturated rings. The van der Waals surface area contributed by atoms with Gasteiger partial charge in [-0.25, -0.2) is 0 Å². The van der Waals surface area contributed by atoms with E-state index >= 15 is 0 Å². The summed E-state index contributed by atoms with van der Waals surface area (Å²) < 4.78 is 5.45. The van der Waals surface area contributed by atoms with Crippen molar-refractivity contribution in [2.75, 3.05) is 39.4 Å². The summed E-state index contributed by atoms with van der Waals surface area (Å²) in [5.41, 5.74) is 7.81. The summed E-state index contributed by atoms with van der Waals surface area (Å²) in [6.45, 7) is 8.28. The highest BCUT2D eigenvalue weighted by atomic mass is 16.5. The quantitative estimate of drug-likeness (QED) is 0.736. The molecule has 0 aromatic rings. The van der Waals surface area contributed by atoms with E-state index in [0.717, 1.165) is 45.7 Å². The van der Waals surface area contributed by atoms with E-state index in [4.69, 9.17) is 10.5 Å². The van der Waals surface area contributed by atoms with Crippen LogP contribution in [0.2, 0.25) is 0 Å². The predicted molar refractivity (Wildman–Crippen MR) is 66.4 cm³/mol. The lowest BCUT2D eigenvalue weighted by molar-refractivity contribution is 0.000862.